The number of carbonyl (C=O) groups excluding carboxylic acids is 2. The maximum Gasteiger partial charge on any atom is 0.261 e. The number of thioether (sulfide) groups is 1. The molecule has 8 rings (SSSR count). The zero-order chi connectivity index (χ0) is 37.4. The largest absolute Gasteiger partial charge is 0.485 e. The van der Waals surface area contributed by atoms with E-state index >= 15 is 0 Å². The fourth-order valence-electron chi connectivity index (χ4n) is 6.81. The molecule has 0 saturated carbocycles. The Labute approximate surface area is 339 Å². The number of nitrogens with one attached hydrogen (secondary N) is 2. The van der Waals surface area contributed by atoms with E-state index in [0.717, 1.165) is 8.95 Å². The van der Waals surface area contributed by atoms with E-state index in [1.54, 1.807) is 60.5 Å². The minimum Gasteiger partial charge on any atom is -0.485 e. The van der Waals surface area contributed by atoms with E-state index in [0.29, 0.717) is 38.9 Å². The van der Waals surface area contributed by atoms with Crippen LogP contribution in [0.1, 0.15) is 47.3 Å². The third kappa shape index (κ3) is 6.98. The van der Waals surface area contributed by atoms with Crippen molar-refractivity contribution < 1.29 is 27.8 Å². The van der Waals surface area contributed by atoms with E-state index in [4.69, 9.17) is 26.7 Å². The van der Waals surface area contributed by atoms with Gasteiger partial charge in [0, 0.05) is 51.1 Å². The molecule has 8 nitrogen and oxygen atoms in total. The van der Waals surface area contributed by atoms with Crippen LogP contribution in [0.5, 0.6) is 11.5 Å². The molecule has 0 aromatic heterocycles. The normalized spacial score (nSPS) is 23.9. The second kappa shape index (κ2) is 15.7. The number of carbonyl (C=O) groups is 2. The van der Waals surface area contributed by atoms with Gasteiger partial charge in [-0.2, -0.15) is 0 Å². The van der Waals surface area contributed by atoms with E-state index < -0.39 is 23.3 Å². The number of aliphatic imine (C=N–C) groups is 1. The van der Waals surface area contributed by atoms with Crippen LogP contribution in [0.2, 0.25) is 0 Å². The van der Waals surface area contributed by atoms with Crippen molar-refractivity contribution in [3.63, 3.8) is 0 Å². The zero-order valence-electron chi connectivity index (χ0n) is 27.9. The number of thiocarbonyl (C=S) groups is 1. The highest BCUT2D eigenvalue weighted by molar-refractivity contribution is 14.1. The van der Waals surface area contributed by atoms with Gasteiger partial charge in [0.05, 0.1) is 0 Å². The number of amides is 2. The van der Waals surface area contributed by atoms with Gasteiger partial charge in [-0.3, -0.25) is 14.5 Å². The van der Waals surface area contributed by atoms with E-state index in [1.165, 1.54) is 23.9 Å². The first-order valence-corrected chi connectivity index (χ1v) is 21.2. The first kappa shape index (κ1) is 38.6. The second-order valence-corrected chi connectivity index (χ2v) is 15.1. The summed E-state index contributed by atoms with van der Waals surface area (Å²) >= 11 is 15.6. The number of ether oxygens (including phenoxy) is 2. The Balaban J connectivity index is 0.000000171. The van der Waals surface area contributed by atoms with Crippen LogP contribution in [0.15, 0.2) is 98.9 Å². The summed E-state index contributed by atoms with van der Waals surface area (Å²) in [6.45, 7) is 0. The number of hydrogen-bond acceptors (Lipinski definition) is 7. The minimum atomic E-state index is -1.10. The maximum absolute atomic E-state index is 14.4. The number of nitrogens with zero attached hydrogens (tertiary/aromatic N) is 2. The van der Waals surface area contributed by atoms with Crippen LogP contribution in [0, 0.1) is 11.6 Å². The van der Waals surface area contributed by atoms with E-state index in [9.17, 15) is 18.4 Å². The number of benzene rings is 4. The van der Waals surface area contributed by atoms with Crippen LogP contribution < -0.4 is 20.1 Å². The topological polar surface area (TPSA) is 92.3 Å². The molecule has 4 aliphatic heterocycles. The molecule has 0 aliphatic carbocycles. The third-order valence-electron chi connectivity index (χ3n) is 9.16. The Hall–Kier alpha value is -3.12. The van der Waals surface area contributed by atoms with Gasteiger partial charge in [0.2, 0.25) is 0 Å². The second-order valence-electron chi connectivity index (χ2n) is 12.1. The molecule has 2 N–H and O–H groups in total. The molecule has 4 atom stereocenters. The Morgan fingerprint density at radius 1 is 0.865 bits per heavy atom. The van der Waals surface area contributed by atoms with Crippen LogP contribution in [-0.2, 0) is 20.7 Å². The first-order valence-electron chi connectivity index (χ1n) is 15.8. The van der Waals surface area contributed by atoms with Gasteiger partial charge >= 0.3 is 0 Å². The standard InChI is InChI=1S/C19H16BrFN2O2S.C17H12BrFN2O2S.CH3I/c1-23-17(24)19(22-18(23)26-2)10-16(12-5-3-4-6-14(12)21)25-15-8-7-11(20)9-13(15)19;18-9-5-6-13-11(7-9)17(15(22)20-16(24)21-17)8-14(23-13)10-3-1-2-4-12(10)19;1-2/h3-9,16H,10H2,1-2H3;1-7,14H,8H2,(H2,20,21,22,24);1H3. The Morgan fingerprint density at radius 3 is 1.88 bits per heavy atom. The van der Waals surface area contributed by atoms with Crippen LogP contribution in [0.4, 0.5) is 8.78 Å². The molecule has 0 radical (unpaired) electrons. The van der Waals surface area contributed by atoms with Gasteiger partial charge in [-0.15, -0.1) is 0 Å². The highest BCUT2D eigenvalue weighted by Gasteiger charge is 2.55. The first-order chi connectivity index (χ1) is 25.0. The molecule has 1 saturated heterocycles. The van der Waals surface area contributed by atoms with Crippen molar-refractivity contribution in [2.75, 3.05) is 18.2 Å². The molecule has 4 aromatic carbocycles. The van der Waals surface area contributed by atoms with Gasteiger partial charge in [0.25, 0.3) is 11.8 Å². The van der Waals surface area contributed by atoms with Gasteiger partial charge in [-0.25, -0.2) is 13.8 Å². The monoisotopic (exact) mass is 982 g/mol. The molecular formula is C37H31Br2F2IN4O4S2. The lowest BCUT2D eigenvalue weighted by atomic mass is 9.80. The van der Waals surface area contributed by atoms with Crippen LogP contribution >= 0.6 is 78.4 Å². The number of hydrogen-bond donors (Lipinski definition) is 2. The molecule has 270 valence electrons. The highest BCUT2D eigenvalue weighted by atomic mass is 127. The van der Waals surface area contributed by atoms with Gasteiger partial charge in [0.1, 0.15) is 35.3 Å². The van der Waals surface area contributed by atoms with Crippen molar-refractivity contribution >= 4 is 101 Å². The molecule has 52 heavy (non-hydrogen) atoms. The molecule has 4 heterocycles. The van der Waals surface area contributed by atoms with Gasteiger partial charge < -0.3 is 20.1 Å². The van der Waals surface area contributed by atoms with Crippen molar-refractivity contribution in [1.29, 1.82) is 0 Å². The number of rotatable bonds is 2. The summed E-state index contributed by atoms with van der Waals surface area (Å²) in [5.74, 6) is 0.00760. The molecule has 4 aromatic rings. The molecule has 15 heteroatoms. The molecule has 2 amide bonds. The Bertz CT molecular complexity index is 2110. The lowest BCUT2D eigenvalue weighted by Gasteiger charge is -2.38. The molecule has 1 fully saturated rings. The summed E-state index contributed by atoms with van der Waals surface area (Å²) in [5.41, 5.74) is 0.0717. The quantitative estimate of drug-likeness (QED) is 0.118. The minimum absolute atomic E-state index is 0.120. The van der Waals surface area contributed by atoms with Crippen LogP contribution in [-0.4, -0.2) is 45.2 Å². The van der Waals surface area contributed by atoms with Gasteiger partial charge in [-0.1, -0.05) is 103 Å². The smallest absolute Gasteiger partial charge is 0.261 e. The average Bonchev–Trinajstić information content (AvgIpc) is 3.56. The number of halogens is 5. The molecular weight excluding hydrogens is 953 g/mol. The summed E-state index contributed by atoms with van der Waals surface area (Å²) < 4.78 is 42.4. The molecule has 0 bridgehead atoms. The number of fused-ring (bicyclic) bond motifs is 4. The number of alkyl halides is 1. The van der Waals surface area contributed by atoms with Crippen molar-refractivity contribution in [3.05, 3.63) is 128 Å². The molecule has 4 unspecified atom stereocenters. The van der Waals surface area contributed by atoms with Crippen molar-refractivity contribution in [1.82, 2.24) is 15.5 Å². The van der Waals surface area contributed by atoms with Crippen molar-refractivity contribution in [3.8, 4) is 11.5 Å². The van der Waals surface area contributed by atoms with Crippen molar-refractivity contribution in [2.45, 2.75) is 36.1 Å². The van der Waals surface area contributed by atoms with E-state index in [1.807, 2.05) is 35.5 Å². The summed E-state index contributed by atoms with van der Waals surface area (Å²) in [6, 6.07) is 23.9. The zero-order valence-corrected chi connectivity index (χ0v) is 34.8. The fourth-order valence-corrected chi connectivity index (χ4v) is 8.40. The number of likely N-dealkylation sites (N-methyl/N-ethyl adjacent to an activating group) is 1. The summed E-state index contributed by atoms with van der Waals surface area (Å²) in [7, 11) is 1.72. The molecule has 2 spiro atoms. The van der Waals surface area contributed by atoms with Crippen LogP contribution in [0.3, 0.4) is 0 Å². The average molecular weight is 985 g/mol. The Morgan fingerprint density at radius 2 is 1.38 bits per heavy atom. The predicted molar refractivity (Wildman–Crippen MR) is 218 cm³/mol. The highest BCUT2D eigenvalue weighted by Crippen LogP contribution is 2.51. The van der Waals surface area contributed by atoms with Crippen LogP contribution in [0.25, 0.3) is 0 Å². The summed E-state index contributed by atoms with van der Waals surface area (Å²) in [6.07, 6.45) is 1.19. The molecule has 4 aliphatic rings. The van der Waals surface area contributed by atoms with E-state index in [2.05, 4.69) is 65.1 Å². The van der Waals surface area contributed by atoms with E-state index in [-0.39, 0.29) is 41.4 Å². The fraction of sp³-hybridized carbons (Fsp3) is 0.243. The Kier molecular flexibility index (Phi) is 11.7. The van der Waals surface area contributed by atoms with Gasteiger partial charge in [-0.05, 0) is 71.9 Å². The van der Waals surface area contributed by atoms with Gasteiger partial charge in [0.15, 0.2) is 21.4 Å². The predicted octanol–water partition coefficient (Wildman–Crippen LogP) is 8.86. The lowest BCUT2D eigenvalue weighted by molar-refractivity contribution is -0.132. The SMILES string of the molecule is CI.CSC1=NC2(CC(c3ccccc3F)Oc3ccc(Br)cc32)C(=O)N1C.O=C1NC(=S)NC12CC(c1ccccc1F)Oc1ccc(Br)cc12. The van der Waals surface area contributed by atoms with Crippen molar-refractivity contribution in [2.24, 2.45) is 4.99 Å². The third-order valence-corrected chi connectivity index (χ3v) is 11.1. The lowest BCUT2D eigenvalue weighted by Crippen LogP contribution is -2.48. The summed E-state index contributed by atoms with van der Waals surface area (Å²) in [4.78, 5) is 34.2. The maximum atomic E-state index is 14.4. The summed E-state index contributed by atoms with van der Waals surface area (Å²) in [5, 5.41) is 6.62. The number of amidine groups is 1.